The van der Waals surface area contributed by atoms with Crippen molar-refractivity contribution < 1.29 is 8.83 Å². The quantitative estimate of drug-likeness (QED) is 0.153. The minimum atomic E-state index is 0.290. The van der Waals surface area contributed by atoms with Gasteiger partial charge in [-0.15, -0.1) is 20.4 Å². The highest BCUT2D eigenvalue weighted by Gasteiger charge is 2.19. The number of aromatic nitrogens is 8. The van der Waals surface area contributed by atoms with Gasteiger partial charge < -0.3 is 8.83 Å². The van der Waals surface area contributed by atoms with Crippen molar-refractivity contribution in [3.05, 3.63) is 158 Å². The van der Waals surface area contributed by atoms with Crippen LogP contribution in [0.3, 0.4) is 0 Å². The molecule has 0 saturated carbocycles. The maximum absolute atomic E-state index is 6.34. The summed E-state index contributed by atoms with van der Waals surface area (Å²) in [5.74, 6) is 1.21. The molecule has 0 amide bonds. The monoisotopic (exact) mass is 722 g/mol. The van der Waals surface area contributed by atoms with Gasteiger partial charge >= 0.3 is 0 Å². The van der Waals surface area contributed by atoms with Crippen LogP contribution in [0, 0.1) is 0 Å². The van der Waals surface area contributed by atoms with E-state index in [2.05, 4.69) is 66.8 Å². The van der Waals surface area contributed by atoms with Crippen LogP contribution in [0.4, 0.5) is 0 Å². The zero-order chi connectivity index (χ0) is 37.0. The number of pyridine rings is 4. The molecule has 0 spiro atoms. The number of rotatable bonds is 6. The molecule has 10 nitrogen and oxygen atoms in total. The fourth-order valence-electron chi connectivity index (χ4n) is 7.10. The van der Waals surface area contributed by atoms with E-state index in [1.807, 2.05) is 109 Å². The lowest BCUT2D eigenvalue weighted by Crippen LogP contribution is -1.88. The smallest absolute Gasteiger partial charge is 0.266 e. The lowest BCUT2D eigenvalue weighted by molar-refractivity contribution is 0.580. The predicted octanol–water partition coefficient (Wildman–Crippen LogP) is 10.6. The maximum atomic E-state index is 6.34. The molecule has 6 heterocycles. The third-order valence-corrected chi connectivity index (χ3v) is 9.90. The molecule has 0 N–H and O–H groups in total. The molecule has 0 bridgehead atoms. The van der Waals surface area contributed by atoms with Crippen molar-refractivity contribution in [2.45, 2.75) is 0 Å². The summed E-state index contributed by atoms with van der Waals surface area (Å²) in [6, 6.07) is 48.4. The van der Waals surface area contributed by atoms with Crippen molar-refractivity contribution >= 4 is 43.6 Å². The highest BCUT2D eigenvalue weighted by molar-refractivity contribution is 6.04. The van der Waals surface area contributed by atoms with Crippen molar-refractivity contribution in [3.63, 3.8) is 0 Å². The molecule has 0 aliphatic rings. The Bertz CT molecular complexity index is 3090. The first-order valence-corrected chi connectivity index (χ1v) is 18.0. The minimum Gasteiger partial charge on any atom is -0.415 e. The lowest BCUT2D eigenvalue weighted by atomic mass is 9.97. The van der Waals surface area contributed by atoms with E-state index in [1.54, 1.807) is 12.4 Å². The van der Waals surface area contributed by atoms with Crippen LogP contribution in [0.5, 0.6) is 0 Å². The molecule has 262 valence electrons. The highest BCUT2D eigenvalue weighted by Crippen LogP contribution is 2.36. The molecule has 0 fully saturated rings. The van der Waals surface area contributed by atoms with Crippen LogP contribution in [0.1, 0.15) is 0 Å². The van der Waals surface area contributed by atoms with Gasteiger partial charge in [-0.1, -0.05) is 103 Å². The summed E-state index contributed by atoms with van der Waals surface area (Å²) in [4.78, 5) is 19.0. The van der Waals surface area contributed by atoms with Gasteiger partial charge in [0.25, 0.3) is 11.8 Å². The second-order valence-electron chi connectivity index (χ2n) is 13.4. The molecule has 10 heteroatoms. The van der Waals surface area contributed by atoms with Crippen molar-refractivity contribution in [3.8, 4) is 68.3 Å². The molecule has 56 heavy (non-hydrogen) atoms. The molecular formula is C46H26N8O2. The Kier molecular flexibility index (Phi) is 7.24. The highest BCUT2D eigenvalue weighted by atomic mass is 16.4. The van der Waals surface area contributed by atoms with E-state index < -0.39 is 0 Å². The summed E-state index contributed by atoms with van der Waals surface area (Å²) in [7, 11) is 0. The molecule has 5 aromatic carbocycles. The Morgan fingerprint density at radius 2 is 0.714 bits per heavy atom. The molecule has 0 radical (unpaired) electrons. The Morgan fingerprint density at radius 3 is 1.23 bits per heavy atom. The average molecular weight is 723 g/mol. The maximum Gasteiger partial charge on any atom is 0.266 e. The summed E-state index contributed by atoms with van der Waals surface area (Å²) in [6.45, 7) is 0. The molecular weight excluding hydrogens is 697 g/mol. The van der Waals surface area contributed by atoms with Crippen molar-refractivity contribution in [1.29, 1.82) is 0 Å². The number of nitrogens with zero attached hydrogens (tertiary/aromatic N) is 8. The van der Waals surface area contributed by atoms with Crippen LogP contribution in [-0.2, 0) is 0 Å². The Hall–Kier alpha value is -7.98. The zero-order valence-electron chi connectivity index (χ0n) is 29.4. The number of hydrogen-bond donors (Lipinski definition) is 0. The Balaban J connectivity index is 1.00. The van der Waals surface area contributed by atoms with Gasteiger partial charge in [-0.3, -0.25) is 9.97 Å². The van der Waals surface area contributed by atoms with E-state index in [-0.39, 0.29) is 0 Å². The standard InChI is InChI=1S/C46H26N8O2/c1-2-6-27(7-3-1)28-10-12-29(13-11-28)34-24-35(43-51-53-45(55-43)37-20-18-32-16-14-30-8-4-22-47-39(30)41(32)49-37)26-36(25-34)44-52-54-46(56-44)38-21-19-33-17-15-31-9-5-23-48-40(31)42(33)50-38/h1-26H. The predicted molar refractivity (Wildman–Crippen MR) is 216 cm³/mol. The van der Waals surface area contributed by atoms with Crippen LogP contribution < -0.4 is 0 Å². The van der Waals surface area contributed by atoms with E-state index in [0.29, 0.717) is 46.1 Å². The van der Waals surface area contributed by atoms with Crippen LogP contribution in [-0.4, -0.2) is 40.3 Å². The summed E-state index contributed by atoms with van der Waals surface area (Å²) in [5, 5.41) is 21.8. The number of fused-ring (bicyclic) bond motifs is 6. The summed E-state index contributed by atoms with van der Waals surface area (Å²) in [5.41, 5.74) is 9.75. The first-order valence-electron chi connectivity index (χ1n) is 18.0. The number of benzene rings is 5. The van der Waals surface area contributed by atoms with Crippen LogP contribution in [0.2, 0.25) is 0 Å². The van der Waals surface area contributed by atoms with Gasteiger partial charge in [-0.05, 0) is 64.7 Å². The van der Waals surface area contributed by atoms with Crippen LogP contribution in [0.25, 0.3) is 112 Å². The van der Waals surface area contributed by atoms with E-state index in [1.165, 1.54) is 0 Å². The molecule has 11 rings (SSSR count). The molecule has 0 atom stereocenters. The van der Waals surface area contributed by atoms with Crippen LogP contribution >= 0.6 is 0 Å². The van der Waals surface area contributed by atoms with Gasteiger partial charge in [0.15, 0.2) is 0 Å². The van der Waals surface area contributed by atoms with Gasteiger partial charge in [-0.25, -0.2) is 9.97 Å². The molecule has 0 unspecified atom stereocenters. The van der Waals surface area contributed by atoms with Gasteiger partial charge in [-0.2, -0.15) is 0 Å². The van der Waals surface area contributed by atoms with Gasteiger partial charge in [0.2, 0.25) is 11.8 Å². The minimum absolute atomic E-state index is 0.290. The van der Waals surface area contributed by atoms with E-state index in [4.69, 9.17) is 18.8 Å². The van der Waals surface area contributed by atoms with Crippen molar-refractivity contribution in [2.75, 3.05) is 0 Å². The van der Waals surface area contributed by atoms with E-state index in [0.717, 1.165) is 65.9 Å². The zero-order valence-corrected chi connectivity index (χ0v) is 29.4. The van der Waals surface area contributed by atoms with E-state index >= 15 is 0 Å². The molecule has 0 aliphatic heterocycles. The fraction of sp³-hybridized carbons (Fsp3) is 0. The molecule has 0 saturated heterocycles. The molecule has 0 aliphatic carbocycles. The average Bonchev–Trinajstić information content (AvgIpc) is 3.98. The number of hydrogen-bond acceptors (Lipinski definition) is 10. The normalized spacial score (nSPS) is 11.6. The Labute approximate surface area is 318 Å². The lowest BCUT2D eigenvalue weighted by Gasteiger charge is -2.08. The van der Waals surface area contributed by atoms with Gasteiger partial charge in [0.05, 0.1) is 22.1 Å². The third kappa shape index (κ3) is 5.52. The third-order valence-electron chi connectivity index (χ3n) is 9.90. The first-order chi connectivity index (χ1) is 27.7. The summed E-state index contributed by atoms with van der Waals surface area (Å²) in [6.07, 6.45) is 3.54. The molecule has 11 aromatic rings. The van der Waals surface area contributed by atoms with Gasteiger partial charge in [0.1, 0.15) is 11.4 Å². The first kappa shape index (κ1) is 31.5. The summed E-state index contributed by atoms with van der Waals surface area (Å²) < 4.78 is 12.7. The Morgan fingerprint density at radius 1 is 0.304 bits per heavy atom. The second kappa shape index (κ2) is 12.9. The van der Waals surface area contributed by atoms with Gasteiger partial charge in [0, 0.05) is 45.1 Å². The molecule has 6 aromatic heterocycles. The topological polar surface area (TPSA) is 129 Å². The largest absolute Gasteiger partial charge is 0.415 e. The second-order valence-corrected chi connectivity index (χ2v) is 13.4. The van der Waals surface area contributed by atoms with Crippen molar-refractivity contribution in [1.82, 2.24) is 40.3 Å². The fourth-order valence-corrected chi connectivity index (χ4v) is 7.10. The van der Waals surface area contributed by atoms with E-state index in [9.17, 15) is 0 Å². The summed E-state index contributed by atoms with van der Waals surface area (Å²) >= 11 is 0. The SMILES string of the molecule is c1ccc(-c2ccc(-c3cc(-c4nnc(-c5ccc6ccc7cccnc7c6n5)o4)cc(-c4nnc(-c5ccc6ccc7cccnc7c6n5)o4)c3)cc2)cc1. The van der Waals surface area contributed by atoms with Crippen LogP contribution in [0.15, 0.2) is 167 Å². The van der Waals surface area contributed by atoms with Crippen molar-refractivity contribution in [2.24, 2.45) is 0 Å².